The van der Waals surface area contributed by atoms with E-state index in [1.807, 2.05) is 6.20 Å². The highest BCUT2D eigenvalue weighted by Crippen LogP contribution is 2.31. The molecule has 1 atom stereocenters. The lowest BCUT2D eigenvalue weighted by Gasteiger charge is -2.23. The highest BCUT2D eigenvalue weighted by atomic mass is 32.2. The molecule has 0 saturated carbocycles. The van der Waals surface area contributed by atoms with Crippen LogP contribution >= 0.6 is 11.8 Å². The number of benzene rings is 1. The highest BCUT2D eigenvalue weighted by Gasteiger charge is 2.22. The van der Waals surface area contributed by atoms with Gasteiger partial charge in [-0.15, -0.1) is 0 Å². The molecular formula is C15H16F2N4OS. The molecule has 3 N–H and O–H groups in total. The van der Waals surface area contributed by atoms with E-state index in [0.29, 0.717) is 28.8 Å². The summed E-state index contributed by atoms with van der Waals surface area (Å²) in [7, 11) is 0. The van der Waals surface area contributed by atoms with Crippen molar-refractivity contribution in [3.8, 4) is 0 Å². The van der Waals surface area contributed by atoms with Gasteiger partial charge in [-0.3, -0.25) is 5.10 Å². The fourth-order valence-corrected chi connectivity index (χ4v) is 3.24. The first-order valence-corrected chi connectivity index (χ1v) is 8.12. The molecule has 5 nitrogen and oxygen atoms in total. The number of hydrogen-bond acceptors (Lipinski definition) is 3. The maximum absolute atomic E-state index is 12.5. The molecule has 0 spiro atoms. The molecule has 0 aliphatic heterocycles. The summed E-state index contributed by atoms with van der Waals surface area (Å²) >= 11 is 0.416. The van der Waals surface area contributed by atoms with Crippen molar-refractivity contribution in [3.63, 3.8) is 0 Å². The molecular weight excluding hydrogens is 322 g/mol. The van der Waals surface area contributed by atoms with Crippen LogP contribution < -0.4 is 10.6 Å². The summed E-state index contributed by atoms with van der Waals surface area (Å²) in [4.78, 5) is 12.5. The third-order valence-electron chi connectivity index (χ3n) is 3.71. The van der Waals surface area contributed by atoms with Gasteiger partial charge in [0, 0.05) is 23.1 Å². The molecule has 8 heteroatoms. The lowest BCUT2D eigenvalue weighted by Crippen LogP contribution is -2.41. The fraction of sp³-hybridized carbons (Fsp3) is 0.333. The number of aromatic amines is 1. The number of nitrogens with one attached hydrogen (secondary N) is 3. The summed E-state index contributed by atoms with van der Waals surface area (Å²) in [6, 6.07) is 6.14. The van der Waals surface area contributed by atoms with E-state index in [9.17, 15) is 13.6 Å². The van der Waals surface area contributed by atoms with Crippen LogP contribution in [0.2, 0.25) is 0 Å². The largest absolute Gasteiger partial charge is 0.335 e. The van der Waals surface area contributed by atoms with E-state index in [0.717, 1.165) is 18.5 Å². The number of urea groups is 1. The van der Waals surface area contributed by atoms with E-state index >= 15 is 0 Å². The monoisotopic (exact) mass is 338 g/mol. The highest BCUT2D eigenvalue weighted by molar-refractivity contribution is 7.99. The average molecular weight is 338 g/mol. The smallest absolute Gasteiger partial charge is 0.319 e. The number of thioether (sulfide) groups is 1. The van der Waals surface area contributed by atoms with Crippen LogP contribution in [0.25, 0.3) is 0 Å². The normalized spacial score (nSPS) is 16.9. The maximum Gasteiger partial charge on any atom is 0.319 e. The molecule has 2 amide bonds. The summed E-state index contributed by atoms with van der Waals surface area (Å²) in [6.45, 7) is 0. The number of halogens is 2. The molecule has 0 bridgehead atoms. The number of carbonyl (C=O) groups is 1. The Balaban J connectivity index is 1.60. The second-order valence-corrected chi connectivity index (χ2v) is 6.32. The van der Waals surface area contributed by atoms with Crippen molar-refractivity contribution < 1.29 is 13.6 Å². The SMILES string of the molecule is O=C(Nc1ccccc1SC(F)F)NC1CCc2cn[nH]c2C1. The molecule has 0 fully saturated rings. The van der Waals surface area contributed by atoms with Crippen LogP contribution in [0.1, 0.15) is 17.7 Å². The number of hydrogen-bond donors (Lipinski definition) is 3. The van der Waals surface area contributed by atoms with Crippen LogP contribution in [-0.4, -0.2) is 28.0 Å². The Bertz CT molecular complexity index is 692. The number of para-hydroxylation sites is 1. The molecule has 23 heavy (non-hydrogen) atoms. The summed E-state index contributed by atoms with van der Waals surface area (Å²) in [5.41, 5.74) is 2.60. The van der Waals surface area contributed by atoms with Crippen molar-refractivity contribution in [1.82, 2.24) is 15.5 Å². The van der Waals surface area contributed by atoms with E-state index in [4.69, 9.17) is 0 Å². The minimum atomic E-state index is -2.53. The van der Waals surface area contributed by atoms with Crippen LogP contribution in [0.5, 0.6) is 0 Å². The van der Waals surface area contributed by atoms with Crippen molar-refractivity contribution in [2.24, 2.45) is 0 Å². The van der Waals surface area contributed by atoms with Gasteiger partial charge in [-0.1, -0.05) is 23.9 Å². The van der Waals surface area contributed by atoms with Gasteiger partial charge in [-0.25, -0.2) is 4.79 Å². The molecule has 1 aliphatic rings. The molecule has 0 saturated heterocycles. The van der Waals surface area contributed by atoms with Gasteiger partial charge < -0.3 is 10.6 Å². The molecule has 1 aromatic heterocycles. The minimum Gasteiger partial charge on any atom is -0.335 e. The van der Waals surface area contributed by atoms with Crippen molar-refractivity contribution in [1.29, 1.82) is 0 Å². The molecule has 1 aliphatic carbocycles. The topological polar surface area (TPSA) is 69.8 Å². The summed E-state index contributed by atoms with van der Waals surface area (Å²) in [5, 5.41) is 12.5. The van der Waals surface area contributed by atoms with Gasteiger partial charge in [-0.05, 0) is 30.5 Å². The number of carbonyl (C=O) groups excluding carboxylic acids is 1. The molecule has 122 valence electrons. The number of anilines is 1. The van der Waals surface area contributed by atoms with Gasteiger partial charge in [0.15, 0.2) is 0 Å². The first kappa shape index (κ1) is 15.8. The molecule has 2 aromatic rings. The number of fused-ring (bicyclic) bond motifs is 1. The van der Waals surface area contributed by atoms with Crippen molar-refractivity contribution >= 4 is 23.5 Å². The van der Waals surface area contributed by atoms with Crippen LogP contribution in [0.4, 0.5) is 19.3 Å². The number of nitrogens with zero attached hydrogens (tertiary/aromatic N) is 1. The predicted octanol–water partition coefficient (Wildman–Crippen LogP) is 3.40. The number of amides is 2. The zero-order chi connectivity index (χ0) is 16.2. The van der Waals surface area contributed by atoms with Gasteiger partial charge in [0.2, 0.25) is 0 Å². The Morgan fingerprint density at radius 2 is 2.22 bits per heavy atom. The first-order valence-electron chi connectivity index (χ1n) is 7.24. The lowest BCUT2D eigenvalue weighted by molar-refractivity contribution is 0.246. The van der Waals surface area contributed by atoms with Crippen LogP contribution in [0.15, 0.2) is 35.4 Å². The Labute approximate surface area is 136 Å². The Morgan fingerprint density at radius 3 is 3.04 bits per heavy atom. The van der Waals surface area contributed by atoms with Crippen molar-refractivity contribution in [2.75, 3.05) is 5.32 Å². The Kier molecular flexibility index (Phi) is 4.80. The third-order valence-corrected chi connectivity index (χ3v) is 4.49. The second kappa shape index (κ2) is 6.99. The number of aryl methyl sites for hydroxylation is 1. The molecule has 1 aromatic carbocycles. The Morgan fingerprint density at radius 1 is 1.39 bits per heavy atom. The minimum absolute atomic E-state index is 0.00198. The van der Waals surface area contributed by atoms with Gasteiger partial charge in [-0.2, -0.15) is 13.9 Å². The van der Waals surface area contributed by atoms with Crippen LogP contribution in [-0.2, 0) is 12.8 Å². The van der Waals surface area contributed by atoms with E-state index < -0.39 is 5.76 Å². The molecule has 0 radical (unpaired) electrons. The van der Waals surface area contributed by atoms with Gasteiger partial charge in [0.25, 0.3) is 5.76 Å². The summed E-state index contributed by atoms with van der Waals surface area (Å²) in [6.07, 6.45) is 4.18. The van der Waals surface area contributed by atoms with Gasteiger partial charge in [0.05, 0.1) is 11.9 Å². The van der Waals surface area contributed by atoms with Gasteiger partial charge in [0.1, 0.15) is 0 Å². The third kappa shape index (κ3) is 4.01. The molecule has 1 heterocycles. The van der Waals surface area contributed by atoms with E-state index in [-0.39, 0.29) is 12.1 Å². The van der Waals surface area contributed by atoms with Crippen LogP contribution in [0, 0.1) is 0 Å². The molecule has 3 rings (SSSR count). The zero-order valence-corrected chi connectivity index (χ0v) is 13.0. The average Bonchev–Trinajstić information content (AvgIpc) is 2.96. The summed E-state index contributed by atoms with van der Waals surface area (Å²) in [5.74, 6) is -2.53. The van der Waals surface area contributed by atoms with Crippen molar-refractivity contribution in [3.05, 3.63) is 41.7 Å². The summed E-state index contributed by atoms with van der Waals surface area (Å²) < 4.78 is 25.1. The first-order chi connectivity index (χ1) is 11.1. The Hall–Kier alpha value is -2.09. The van der Waals surface area contributed by atoms with E-state index in [1.54, 1.807) is 24.3 Å². The number of rotatable bonds is 4. The van der Waals surface area contributed by atoms with Crippen molar-refractivity contribution in [2.45, 2.75) is 36.0 Å². The number of alkyl halides is 2. The van der Waals surface area contributed by atoms with E-state index in [1.165, 1.54) is 5.56 Å². The zero-order valence-electron chi connectivity index (χ0n) is 12.2. The number of H-pyrrole nitrogens is 1. The fourth-order valence-electron chi connectivity index (χ4n) is 2.64. The standard InChI is InChI=1S/C15H16F2N4OS/c16-14(17)23-13-4-2-1-3-11(13)20-15(22)19-10-6-5-9-8-18-21-12(9)7-10/h1-4,8,10,14H,5-7H2,(H,18,21)(H2,19,20,22). The number of aromatic nitrogens is 2. The molecule has 1 unspecified atom stereocenters. The second-order valence-electron chi connectivity index (χ2n) is 5.29. The van der Waals surface area contributed by atoms with E-state index in [2.05, 4.69) is 20.8 Å². The maximum atomic E-state index is 12.5. The van der Waals surface area contributed by atoms with Gasteiger partial charge >= 0.3 is 6.03 Å². The quantitative estimate of drug-likeness (QED) is 0.748. The predicted molar refractivity (Wildman–Crippen MR) is 84.9 cm³/mol. The van der Waals surface area contributed by atoms with Crippen LogP contribution in [0.3, 0.4) is 0 Å². The lowest BCUT2D eigenvalue weighted by atomic mass is 9.94.